The zero-order valence-corrected chi connectivity index (χ0v) is 20.5. The fraction of sp³-hybridized carbons (Fsp3) is 0.259. The molecular formula is C27H27FN6O2. The first-order valence-electron chi connectivity index (χ1n) is 11.8. The van der Waals surface area contributed by atoms with E-state index in [1.165, 1.54) is 12.1 Å². The second-order valence-corrected chi connectivity index (χ2v) is 8.78. The largest absolute Gasteiger partial charge is 0.457 e. The first-order valence-corrected chi connectivity index (χ1v) is 11.8. The average molecular weight is 487 g/mol. The number of carbonyl (C=O) groups excluding carboxylic acids is 1. The minimum Gasteiger partial charge on any atom is -0.457 e. The predicted molar refractivity (Wildman–Crippen MR) is 134 cm³/mol. The summed E-state index contributed by atoms with van der Waals surface area (Å²) in [4.78, 5) is 30.8. The molecule has 0 unspecified atom stereocenters. The lowest BCUT2D eigenvalue weighted by atomic mass is 10.1. The number of carbonyl (C=O) groups is 1. The van der Waals surface area contributed by atoms with Crippen LogP contribution in [0.25, 0.3) is 5.82 Å². The minimum atomic E-state index is -0.328. The quantitative estimate of drug-likeness (QED) is 0.414. The molecule has 1 aliphatic heterocycles. The van der Waals surface area contributed by atoms with Gasteiger partial charge < -0.3 is 14.5 Å². The molecule has 2 aromatic carbocycles. The van der Waals surface area contributed by atoms with Crippen LogP contribution < -0.4 is 9.64 Å². The van der Waals surface area contributed by atoms with Crippen molar-refractivity contribution >= 4 is 11.7 Å². The molecule has 1 fully saturated rings. The van der Waals surface area contributed by atoms with Gasteiger partial charge in [0.1, 0.15) is 41.1 Å². The lowest BCUT2D eigenvalue weighted by Gasteiger charge is -2.35. The Kier molecular flexibility index (Phi) is 6.37. The van der Waals surface area contributed by atoms with E-state index in [0.29, 0.717) is 49.1 Å². The van der Waals surface area contributed by atoms with Crippen LogP contribution in [0.3, 0.4) is 0 Å². The van der Waals surface area contributed by atoms with E-state index in [4.69, 9.17) is 4.74 Å². The Labute approximate surface area is 209 Å². The summed E-state index contributed by atoms with van der Waals surface area (Å²) in [5.74, 6) is 2.96. The van der Waals surface area contributed by atoms with Gasteiger partial charge >= 0.3 is 0 Å². The van der Waals surface area contributed by atoms with E-state index in [1.807, 2.05) is 36.3 Å². The van der Waals surface area contributed by atoms with E-state index >= 15 is 0 Å². The standard InChI is InChI=1S/C27H27FN6O2/c1-18-19(2)34(17-29-18)26-16-25(30-20(3)31-26)32-11-13-33(14-12-32)27(35)21-5-4-6-24(15-21)36-23-9-7-22(28)8-10-23/h4-10,15-17H,11-14H2,1-3H3. The highest BCUT2D eigenvalue weighted by molar-refractivity contribution is 5.94. The number of ether oxygens (including phenoxy) is 1. The number of anilines is 1. The number of imidazole rings is 1. The zero-order valence-electron chi connectivity index (χ0n) is 20.5. The molecule has 5 rings (SSSR count). The maximum atomic E-state index is 13.2. The first kappa shape index (κ1) is 23.5. The second kappa shape index (κ2) is 9.77. The summed E-state index contributed by atoms with van der Waals surface area (Å²) in [5, 5.41) is 0. The molecule has 3 heterocycles. The summed E-state index contributed by atoms with van der Waals surface area (Å²) in [6, 6.07) is 14.8. The molecule has 1 saturated heterocycles. The van der Waals surface area contributed by atoms with Crippen molar-refractivity contribution < 1.29 is 13.9 Å². The molecule has 9 heteroatoms. The first-order chi connectivity index (χ1) is 17.4. The third-order valence-corrected chi connectivity index (χ3v) is 6.33. The van der Waals surface area contributed by atoms with Crippen LogP contribution in [0.4, 0.5) is 10.2 Å². The topological polar surface area (TPSA) is 76.4 Å². The molecule has 4 aromatic rings. The molecule has 0 saturated carbocycles. The fourth-order valence-electron chi connectivity index (χ4n) is 4.20. The number of aryl methyl sites for hydroxylation is 2. The van der Waals surface area contributed by atoms with Gasteiger partial charge in [-0.1, -0.05) is 6.07 Å². The molecule has 1 amide bonds. The Morgan fingerprint density at radius 2 is 1.61 bits per heavy atom. The normalized spacial score (nSPS) is 13.7. The molecule has 2 aromatic heterocycles. The van der Waals surface area contributed by atoms with Gasteiger partial charge in [-0.05, 0) is 63.2 Å². The van der Waals surface area contributed by atoms with Crippen molar-refractivity contribution in [1.82, 2.24) is 24.4 Å². The molecule has 36 heavy (non-hydrogen) atoms. The molecule has 0 atom stereocenters. The van der Waals surface area contributed by atoms with Gasteiger partial charge in [0.2, 0.25) is 0 Å². The average Bonchev–Trinajstić information content (AvgIpc) is 3.23. The van der Waals surface area contributed by atoms with Crippen molar-refractivity contribution in [3.05, 3.63) is 89.5 Å². The maximum Gasteiger partial charge on any atom is 0.254 e. The van der Waals surface area contributed by atoms with E-state index in [0.717, 1.165) is 23.0 Å². The summed E-state index contributed by atoms with van der Waals surface area (Å²) in [5.41, 5.74) is 2.56. The smallest absolute Gasteiger partial charge is 0.254 e. The molecule has 1 aliphatic rings. The predicted octanol–water partition coefficient (Wildman–Crippen LogP) is 4.48. The molecule has 184 valence electrons. The van der Waals surface area contributed by atoms with Crippen molar-refractivity contribution in [3.63, 3.8) is 0 Å². The highest BCUT2D eigenvalue weighted by Gasteiger charge is 2.24. The number of rotatable bonds is 5. The van der Waals surface area contributed by atoms with Crippen LogP contribution >= 0.6 is 0 Å². The molecular weight excluding hydrogens is 459 g/mol. The Morgan fingerprint density at radius 1 is 0.889 bits per heavy atom. The van der Waals surface area contributed by atoms with Gasteiger partial charge in [-0.25, -0.2) is 19.3 Å². The van der Waals surface area contributed by atoms with Gasteiger partial charge in [0, 0.05) is 43.5 Å². The number of piperazine rings is 1. The zero-order chi connectivity index (χ0) is 25.2. The van der Waals surface area contributed by atoms with E-state index < -0.39 is 0 Å². The molecule has 8 nitrogen and oxygen atoms in total. The number of halogens is 1. The van der Waals surface area contributed by atoms with Crippen LogP contribution in [0.15, 0.2) is 60.9 Å². The number of aromatic nitrogens is 4. The molecule has 0 spiro atoms. The third-order valence-electron chi connectivity index (χ3n) is 6.33. The van der Waals surface area contributed by atoms with E-state index in [1.54, 1.807) is 42.7 Å². The monoisotopic (exact) mass is 486 g/mol. The van der Waals surface area contributed by atoms with E-state index in [9.17, 15) is 9.18 Å². The van der Waals surface area contributed by atoms with Crippen molar-refractivity contribution in [1.29, 1.82) is 0 Å². The molecule has 0 bridgehead atoms. The van der Waals surface area contributed by atoms with Crippen LogP contribution in [-0.2, 0) is 0 Å². The lowest BCUT2D eigenvalue weighted by Crippen LogP contribution is -2.49. The molecule has 0 aliphatic carbocycles. The van der Waals surface area contributed by atoms with Gasteiger partial charge in [-0.2, -0.15) is 0 Å². The molecule has 0 radical (unpaired) electrons. The van der Waals surface area contributed by atoms with Gasteiger partial charge in [-0.3, -0.25) is 9.36 Å². The van der Waals surface area contributed by atoms with Crippen LogP contribution in [0.5, 0.6) is 11.5 Å². The Hall–Kier alpha value is -4.27. The van der Waals surface area contributed by atoms with Gasteiger partial charge in [0.05, 0.1) is 5.69 Å². The summed E-state index contributed by atoms with van der Waals surface area (Å²) >= 11 is 0. The minimum absolute atomic E-state index is 0.0525. The number of nitrogens with zero attached hydrogens (tertiary/aromatic N) is 6. The Morgan fingerprint density at radius 3 is 2.31 bits per heavy atom. The second-order valence-electron chi connectivity index (χ2n) is 8.78. The summed E-state index contributed by atoms with van der Waals surface area (Å²) in [7, 11) is 0. The van der Waals surface area contributed by atoms with Crippen LogP contribution in [0.1, 0.15) is 27.6 Å². The van der Waals surface area contributed by atoms with Crippen LogP contribution in [0, 0.1) is 26.6 Å². The lowest BCUT2D eigenvalue weighted by molar-refractivity contribution is 0.0746. The van der Waals surface area contributed by atoms with Crippen molar-refractivity contribution in [2.75, 3.05) is 31.1 Å². The summed E-state index contributed by atoms with van der Waals surface area (Å²) < 4.78 is 20.9. The number of hydrogen-bond acceptors (Lipinski definition) is 6. The van der Waals surface area contributed by atoms with Crippen molar-refractivity contribution in [2.24, 2.45) is 0 Å². The van der Waals surface area contributed by atoms with Crippen molar-refractivity contribution in [3.8, 4) is 17.3 Å². The third kappa shape index (κ3) is 4.91. The van der Waals surface area contributed by atoms with E-state index in [-0.39, 0.29) is 11.7 Å². The van der Waals surface area contributed by atoms with E-state index in [2.05, 4.69) is 19.9 Å². The fourth-order valence-corrected chi connectivity index (χ4v) is 4.20. The van der Waals surface area contributed by atoms with Gasteiger partial charge in [-0.15, -0.1) is 0 Å². The Balaban J connectivity index is 1.26. The van der Waals surface area contributed by atoms with Crippen LogP contribution in [-0.4, -0.2) is 56.5 Å². The maximum absolute atomic E-state index is 13.2. The number of amides is 1. The number of hydrogen-bond donors (Lipinski definition) is 0. The highest BCUT2D eigenvalue weighted by atomic mass is 19.1. The SMILES string of the molecule is Cc1nc(N2CCN(C(=O)c3cccc(Oc4ccc(F)cc4)c3)CC2)cc(-n2cnc(C)c2C)n1. The highest BCUT2D eigenvalue weighted by Crippen LogP contribution is 2.24. The Bertz CT molecular complexity index is 1390. The number of benzene rings is 2. The van der Waals surface area contributed by atoms with Crippen molar-refractivity contribution in [2.45, 2.75) is 20.8 Å². The van der Waals surface area contributed by atoms with Gasteiger partial charge in [0.25, 0.3) is 5.91 Å². The molecule has 0 N–H and O–H groups in total. The van der Waals surface area contributed by atoms with Crippen LogP contribution in [0.2, 0.25) is 0 Å². The summed E-state index contributed by atoms with van der Waals surface area (Å²) in [6.45, 7) is 8.34. The van der Waals surface area contributed by atoms with Gasteiger partial charge in [0.15, 0.2) is 0 Å². The summed E-state index contributed by atoms with van der Waals surface area (Å²) in [6.07, 6.45) is 1.78.